The van der Waals surface area contributed by atoms with Gasteiger partial charge in [-0.2, -0.15) is 0 Å². The van der Waals surface area contributed by atoms with Crippen molar-refractivity contribution in [1.29, 1.82) is 0 Å². The van der Waals surface area contributed by atoms with E-state index in [-0.39, 0.29) is 0 Å². The number of hydrogen-bond donors (Lipinski definition) is 0. The summed E-state index contributed by atoms with van der Waals surface area (Å²) in [5.74, 6) is 0.883. The van der Waals surface area contributed by atoms with E-state index in [2.05, 4.69) is 30.8 Å². The molecule has 0 spiro atoms. The molecule has 0 radical (unpaired) electrons. The largest absolute Gasteiger partial charge is 0.304 e. The predicted octanol–water partition coefficient (Wildman–Crippen LogP) is 5.94. The minimum atomic E-state index is 0.750. The number of hydrogen-bond acceptors (Lipinski definition) is 1. The fourth-order valence-electron chi connectivity index (χ4n) is 1.64. The maximum atomic E-state index is 8.81. The van der Waals surface area contributed by atoms with Crippen LogP contribution >= 0.6 is 0 Å². The van der Waals surface area contributed by atoms with E-state index in [0.29, 0.717) is 0 Å². The van der Waals surface area contributed by atoms with Crippen molar-refractivity contribution in [3.8, 4) is 0 Å². The molecule has 1 nitrogen and oxygen atoms in total. The first-order valence-electron chi connectivity index (χ1n) is 7.91. The van der Waals surface area contributed by atoms with Gasteiger partial charge in [-0.1, -0.05) is 58.0 Å². The first-order valence-corrected chi connectivity index (χ1v) is 7.91. The Morgan fingerprint density at radius 3 is 1.90 bits per heavy atom. The zero-order valence-electron chi connectivity index (χ0n) is 14.0. The normalized spacial score (nSPS) is 11.4. The van der Waals surface area contributed by atoms with Crippen LogP contribution in [0.2, 0.25) is 0 Å². The average Bonchev–Trinajstić information content (AvgIpc) is 3.35. The maximum Gasteiger partial charge on any atom is 0.116 e. The molecule has 0 amide bonds. The Kier molecular flexibility index (Phi) is 16.4. The van der Waals surface area contributed by atoms with Gasteiger partial charge in [0.1, 0.15) is 6.29 Å². The topological polar surface area (TPSA) is 17.1 Å². The molecule has 0 aromatic heterocycles. The molecule has 1 aliphatic carbocycles. The third-order valence-electron chi connectivity index (χ3n) is 2.67. The molecule has 0 heterocycles. The van der Waals surface area contributed by atoms with Crippen LogP contribution in [0.25, 0.3) is 0 Å². The number of carbonyl (C=O) groups excluding carboxylic acids is 1. The summed E-state index contributed by atoms with van der Waals surface area (Å²) in [4.78, 5) is 8.81. The minimum Gasteiger partial charge on any atom is -0.304 e. The van der Waals surface area contributed by atoms with E-state index in [1.807, 2.05) is 33.8 Å². The number of benzene rings is 1. The number of aryl methyl sites for hydroxylation is 1. The van der Waals surface area contributed by atoms with Crippen molar-refractivity contribution in [3.63, 3.8) is 0 Å². The fourth-order valence-corrected chi connectivity index (χ4v) is 1.64. The van der Waals surface area contributed by atoms with Crippen molar-refractivity contribution in [3.05, 3.63) is 48.0 Å². The first kappa shape index (κ1) is 20.9. The lowest BCUT2D eigenvalue weighted by atomic mass is 10.1. The van der Waals surface area contributed by atoms with Gasteiger partial charge in [-0.05, 0) is 49.7 Å². The molecule has 0 bridgehead atoms. The van der Waals surface area contributed by atoms with Crippen molar-refractivity contribution in [2.45, 2.75) is 66.2 Å². The van der Waals surface area contributed by atoms with Gasteiger partial charge in [0.15, 0.2) is 0 Å². The lowest BCUT2D eigenvalue weighted by molar-refractivity contribution is -0.106. The van der Waals surface area contributed by atoms with Gasteiger partial charge < -0.3 is 4.79 Å². The Labute approximate surface area is 126 Å². The van der Waals surface area contributed by atoms with Gasteiger partial charge in [0.05, 0.1) is 0 Å². The van der Waals surface area contributed by atoms with Crippen LogP contribution in [0.4, 0.5) is 0 Å². The minimum absolute atomic E-state index is 0.750. The van der Waals surface area contributed by atoms with Crippen molar-refractivity contribution in [2.24, 2.45) is 0 Å². The van der Waals surface area contributed by atoms with Gasteiger partial charge in [0.2, 0.25) is 0 Å². The maximum absolute atomic E-state index is 8.81. The Balaban J connectivity index is 0. The molecule has 2 rings (SSSR count). The number of allylic oxidation sites excluding steroid dienone is 1. The van der Waals surface area contributed by atoms with Crippen molar-refractivity contribution in [2.75, 3.05) is 0 Å². The van der Waals surface area contributed by atoms with Crippen LogP contribution in [0.3, 0.4) is 0 Å². The molecular weight excluding hydrogens is 244 g/mol. The summed E-state index contributed by atoms with van der Waals surface area (Å²) >= 11 is 0. The predicted molar refractivity (Wildman–Crippen MR) is 91.4 cm³/mol. The monoisotopic (exact) mass is 276 g/mol. The van der Waals surface area contributed by atoms with Gasteiger partial charge in [-0.3, -0.25) is 0 Å². The smallest absolute Gasteiger partial charge is 0.116 e. The van der Waals surface area contributed by atoms with Gasteiger partial charge >= 0.3 is 0 Å². The zero-order chi connectivity index (χ0) is 15.8. The summed E-state index contributed by atoms with van der Waals surface area (Å²) in [5, 5.41) is 0. The van der Waals surface area contributed by atoms with E-state index >= 15 is 0 Å². The van der Waals surface area contributed by atoms with Gasteiger partial charge in [-0.25, -0.2) is 0 Å². The Bertz CT molecular complexity index is 320. The van der Waals surface area contributed by atoms with Crippen LogP contribution in [-0.2, 0) is 11.2 Å². The average molecular weight is 276 g/mol. The van der Waals surface area contributed by atoms with E-state index in [1.165, 1.54) is 30.9 Å². The summed E-state index contributed by atoms with van der Waals surface area (Å²) in [6.45, 7) is 13.2. The van der Waals surface area contributed by atoms with E-state index in [9.17, 15) is 0 Å². The second-order valence-corrected chi connectivity index (χ2v) is 4.08. The molecule has 20 heavy (non-hydrogen) atoms. The van der Waals surface area contributed by atoms with Crippen LogP contribution in [0, 0.1) is 0 Å². The summed E-state index contributed by atoms with van der Waals surface area (Å²) in [5.41, 5.74) is 2.96. The highest BCUT2D eigenvalue weighted by Gasteiger charge is 2.22. The molecule has 1 fully saturated rings. The zero-order valence-corrected chi connectivity index (χ0v) is 14.0. The summed E-state index contributed by atoms with van der Waals surface area (Å²) in [6, 6.07) is 9.10. The van der Waals surface area contributed by atoms with E-state index in [1.54, 1.807) is 0 Å². The molecule has 0 saturated heterocycles. The number of rotatable bonds is 4. The molecule has 0 unspecified atom stereocenters. The quantitative estimate of drug-likeness (QED) is 0.491. The van der Waals surface area contributed by atoms with Gasteiger partial charge in [0, 0.05) is 0 Å². The van der Waals surface area contributed by atoms with Crippen LogP contribution < -0.4 is 0 Å². The highest BCUT2D eigenvalue weighted by Crippen LogP contribution is 2.39. The second kappa shape index (κ2) is 15.7. The number of carbonyl (C=O) groups is 1. The van der Waals surface area contributed by atoms with Crippen molar-refractivity contribution in [1.82, 2.24) is 0 Å². The SMILES string of the molecule is C=CCCc1ccc(C2CC2)cc1.CC.CC.CC=O. The Morgan fingerprint density at radius 2 is 1.55 bits per heavy atom. The van der Waals surface area contributed by atoms with Crippen molar-refractivity contribution < 1.29 is 4.79 Å². The molecule has 114 valence electrons. The highest BCUT2D eigenvalue weighted by molar-refractivity contribution is 5.44. The molecule has 1 aromatic carbocycles. The van der Waals surface area contributed by atoms with Crippen LogP contribution in [-0.4, -0.2) is 6.29 Å². The summed E-state index contributed by atoms with van der Waals surface area (Å²) in [7, 11) is 0. The van der Waals surface area contributed by atoms with Gasteiger partial charge in [0.25, 0.3) is 0 Å². The Hall–Kier alpha value is -1.37. The van der Waals surface area contributed by atoms with E-state index < -0.39 is 0 Å². The molecular formula is C19H32O. The van der Waals surface area contributed by atoms with Crippen LogP contribution in [0.1, 0.15) is 70.9 Å². The first-order chi connectivity index (χ1) is 9.81. The standard InChI is InChI=1S/C13H16.C2H4O.2C2H6/c1-2-3-4-11-5-7-12(8-6-11)13-9-10-13;1-2-3;2*1-2/h2,5-8,13H,1,3-4,9-10H2;2H,1H3;2*1-2H3. The van der Waals surface area contributed by atoms with Crippen LogP contribution in [0.15, 0.2) is 36.9 Å². The lowest BCUT2D eigenvalue weighted by Crippen LogP contribution is -1.84. The molecule has 1 aromatic rings. The van der Waals surface area contributed by atoms with Crippen molar-refractivity contribution >= 4 is 6.29 Å². The lowest BCUT2D eigenvalue weighted by Gasteiger charge is -2.00. The van der Waals surface area contributed by atoms with Gasteiger partial charge in [-0.15, -0.1) is 6.58 Å². The summed E-state index contributed by atoms with van der Waals surface area (Å²) < 4.78 is 0. The molecule has 0 N–H and O–H groups in total. The van der Waals surface area contributed by atoms with Crippen LogP contribution in [0.5, 0.6) is 0 Å². The molecule has 1 aliphatic rings. The third-order valence-corrected chi connectivity index (χ3v) is 2.67. The summed E-state index contributed by atoms with van der Waals surface area (Å²) in [6.07, 6.45) is 7.74. The fraction of sp³-hybridized carbons (Fsp3) is 0.526. The number of aldehydes is 1. The highest BCUT2D eigenvalue weighted by atomic mass is 16.1. The molecule has 1 heteroatoms. The Morgan fingerprint density at radius 1 is 1.10 bits per heavy atom. The molecule has 1 saturated carbocycles. The molecule has 0 aliphatic heterocycles. The van der Waals surface area contributed by atoms with E-state index in [4.69, 9.17) is 4.79 Å². The second-order valence-electron chi connectivity index (χ2n) is 4.08. The molecule has 0 atom stereocenters. The third kappa shape index (κ3) is 10.5. The van der Waals surface area contributed by atoms with E-state index in [0.717, 1.165) is 25.0 Å².